The third-order valence-corrected chi connectivity index (χ3v) is 3.08. The molecule has 1 amide bonds. The highest BCUT2D eigenvalue weighted by atomic mass is 16.4. The van der Waals surface area contributed by atoms with Crippen molar-refractivity contribution in [3.05, 3.63) is 48.5 Å². The van der Waals surface area contributed by atoms with Crippen LogP contribution in [0.25, 0.3) is 22.6 Å². The van der Waals surface area contributed by atoms with Gasteiger partial charge >= 0.3 is 6.09 Å². The molecule has 0 saturated carbocycles. The Hall–Kier alpha value is -2.82. The lowest BCUT2D eigenvalue weighted by Gasteiger charge is -2.12. The Kier molecular flexibility index (Phi) is 2.87. The lowest BCUT2D eigenvalue weighted by atomic mass is 10.2. The van der Waals surface area contributed by atoms with Gasteiger partial charge in [-0.2, -0.15) is 0 Å². The Morgan fingerprint density at radius 2 is 1.85 bits per heavy atom. The Labute approximate surface area is 115 Å². The van der Waals surface area contributed by atoms with Crippen LogP contribution in [-0.4, -0.2) is 23.2 Å². The van der Waals surface area contributed by atoms with Crippen LogP contribution in [0.15, 0.2) is 52.9 Å². The Morgan fingerprint density at radius 1 is 1.15 bits per heavy atom. The molecule has 0 aliphatic carbocycles. The molecule has 5 nitrogen and oxygen atoms in total. The van der Waals surface area contributed by atoms with Crippen LogP contribution in [0.5, 0.6) is 0 Å². The van der Waals surface area contributed by atoms with E-state index in [9.17, 15) is 4.79 Å². The van der Waals surface area contributed by atoms with Crippen molar-refractivity contribution in [1.82, 2.24) is 4.98 Å². The number of para-hydroxylation sites is 2. The quantitative estimate of drug-likeness (QED) is 0.771. The largest absolute Gasteiger partial charge is 0.465 e. The number of nitrogens with zero attached hydrogens (tertiary/aromatic N) is 2. The summed E-state index contributed by atoms with van der Waals surface area (Å²) in [6, 6.07) is 14.6. The van der Waals surface area contributed by atoms with Crippen molar-refractivity contribution in [3.8, 4) is 11.5 Å². The van der Waals surface area contributed by atoms with Gasteiger partial charge < -0.3 is 9.52 Å². The first-order chi connectivity index (χ1) is 9.65. The average molecular weight is 268 g/mol. The number of benzene rings is 2. The standard InChI is InChI=1S/C15H12N2O3/c1-17(15(18)19)11-8-6-10(7-9-11)14-16-12-4-2-3-5-13(12)20-14/h2-9H,1H3,(H,18,19). The van der Waals surface area contributed by atoms with Gasteiger partial charge in [0, 0.05) is 18.3 Å². The van der Waals surface area contributed by atoms with E-state index in [1.54, 1.807) is 24.3 Å². The lowest BCUT2D eigenvalue weighted by molar-refractivity contribution is 0.203. The third-order valence-electron chi connectivity index (χ3n) is 3.08. The molecule has 3 rings (SSSR count). The molecule has 0 aliphatic rings. The molecule has 0 unspecified atom stereocenters. The van der Waals surface area contributed by atoms with Gasteiger partial charge in [-0.15, -0.1) is 0 Å². The van der Waals surface area contributed by atoms with Gasteiger partial charge in [0.05, 0.1) is 0 Å². The monoisotopic (exact) mass is 268 g/mol. The summed E-state index contributed by atoms with van der Waals surface area (Å²) in [6.45, 7) is 0. The zero-order valence-electron chi connectivity index (χ0n) is 10.8. The highest BCUT2D eigenvalue weighted by Crippen LogP contribution is 2.25. The normalized spacial score (nSPS) is 10.7. The minimum absolute atomic E-state index is 0.524. The predicted octanol–water partition coefficient (Wildman–Crippen LogP) is 3.61. The topological polar surface area (TPSA) is 66.6 Å². The van der Waals surface area contributed by atoms with Crippen LogP contribution < -0.4 is 4.90 Å². The Morgan fingerprint density at radius 3 is 2.50 bits per heavy atom. The molecule has 0 fully saturated rings. The third kappa shape index (κ3) is 2.09. The maximum absolute atomic E-state index is 10.9. The minimum Gasteiger partial charge on any atom is -0.465 e. The second-order valence-corrected chi connectivity index (χ2v) is 4.38. The van der Waals surface area contributed by atoms with Gasteiger partial charge in [-0.1, -0.05) is 12.1 Å². The van der Waals surface area contributed by atoms with E-state index >= 15 is 0 Å². The van der Waals surface area contributed by atoms with E-state index in [1.165, 1.54) is 7.05 Å². The van der Waals surface area contributed by atoms with Crippen molar-refractivity contribution in [2.24, 2.45) is 0 Å². The summed E-state index contributed by atoms with van der Waals surface area (Å²) in [5.41, 5.74) is 2.93. The SMILES string of the molecule is CN(C(=O)O)c1ccc(-c2nc3ccccc3o2)cc1. The van der Waals surface area contributed by atoms with Crippen molar-refractivity contribution < 1.29 is 14.3 Å². The molecule has 0 atom stereocenters. The first-order valence-electron chi connectivity index (χ1n) is 6.08. The second kappa shape index (κ2) is 4.70. The molecule has 1 N–H and O–H groups in total. The van der Waals surface area contributed by atoms with Gasteiger partial charge in [0.2, 0.25) is 5.89 Å². The van der Waals surface area contributed by atoms with Crippen LogP contribution in [0, 0.1) is 0 Å². The van der Waals surface area contributed by atoms with Crippen molar-refractivity contribution in [3.63, 3.8) is 0 Å². The molecular weight excluding hydrogens is 256 g/mol. The highest BCUT2D eigenvalue weighted by Gasteiger charge is 2.10. The molecule has 0 radical (unpaired) electrons. The van der Waals surface area contributed by atoms with E-state index in [0.29, 0.717) is 11.6 Å². The number of anilines is 1. The predicted molar refractivity (Wildman–Crippen MR) is 75.9 cm³/mol. The average Bonchev–Trinajstić information content (AvgIpc) is 2.90. The zero-order valence-corrected chi connectivity index (χ0v) is 10.8. The van der Waals surface area contributed by atoms with E-state index in [0.717, 1.165) is 21.6 Å². The van der Waals surface area contributed by atoms with Crippen LogP contribution >= 0.6 is 0 Å². The summed E-state index contributed by atoms with van der Waals surface area (Å²) in [5.74, 6) is 0.524. The van der Waals surface area contributed by atoms with Crippen molar-refractivity contribution in [2.75, 3.05) is 11.9 Å². The summed E-state index contributed by atoms with van der Waals surface area (Å²) in [4.78, 5) is 16.4. The second-order valence-electron chi connectivity index (χ2n) is 4.38. The number of aromatic nitrogens is 1. The fraction of sp³-hybridized carbons (Fsp3) is 0.0667. The summed E-state index contributed by atoms with van der Waals surface area (Å²) >= 11 is 0. The van der Waals surface area contributed by atoms with E-state index in [-0.39, 0.29) is 0 Å². The van der Waals surface area contributed by atoms with E-state index < -0.39 is 6.09 Å². The number of carbonyl (C=O) groups is 1. The molecule has 2 aromatic carbocycles. The molecular formula is C15H12N2O3. The first kappa shape index (κ1) is 12.2. The van der Waals surface area contributed by atoms with Crippen molar-refractivity contribution in [2.45, 2.75) is 0 Å². The van der Waals surface area contributed by atoms with Crippen LogP contribution in [0.3, 0.4) is 0 Å². The summed E-state index contributed by atoms with van der Waals surface area (Å²) in [5, 5.41) is 8.91. The molecule has 20 heavy (non-hydrogen) atoms. The summed E-state index contributed by atoms with van der Waals surface area (Å²) in [7, 11) is 1.50. The molecule has 100 valence electrons. The highest BCUT2D eigenvalue weighted by molar-refractivity contribution is 5.85. The Bertz CT molecular complexity index is 729. The number of hydrogen-bond acceptors (Lipinski definition) is 3. The van der Waals surface area contributed by atoms with E-state index in [1.807, 2.05) is 24.3 Å². The summed E-state index contributed by atoms with van der Waals surface area (Å²) < 4.78 is 5.66. The van der Waals surface area contributed by atoms with Gasteiger partial charge in [0.15, 0.2) is 5.58 Å². The first-order valence-corrected chi connectivity index (χ1v) is 6.08. The number of rotatable bonds is 2. The maximum Gasteiger partial charge on any atom is 0.411 e. The molecule has 3 aromatic rings. The van der Waals surface area contributed by atoms with Crippen LogP contribution in [0.4, 0.5) is 10.5 Å². The number of hydrogen-bond donors (Lipinski definition) is 1. The van der Waals surface area contributed by atoms with Crippen molar-refractivity contribution >= 4 is 22.9 Å². The number of fused-ring (bicyclic) bond motifs is 1. The number of amides is 1. The van der Waals surface area contributed by atoms with Gasteiger partial charge in [-0.3, -0.25) is 4.90 Å². The minimum atomic E-state index is -1.00. The van der Waals surface area contributed by atoms with Gasteiger partial charge in [-0.25, -0.2) is 9.78 Å². The van der Waals surface area contributed by atoms with Crippen molar-refractivity contribution in [1.29, 1.82) is 0 Å². The van der Waals surface area contributed by atoms with Gasteiger partial charge in [0.1, 0.15) is 5.52 Å². The number of oxazole rings is 1. The molecule has 1 aromatic heterocycles. The molecule has 1 heterocycles. The van der Waals surface area contributed by atoms with E-state index in [2.05, 4.69) is 4.98 Å². The van der Waals surface area contributed by atoms with E-state index in [4.69, 9.17) is 9.52 Å². The number of carboxylic acid groups (broad SMARTS) is 1. The van der Waals surface area contributed by atoms with Crippen LogP contribution in [-0.2, 0) is 0 Å². The maximum atomic E-state index is 10.9. The Balaban J connectivity index is 1.96. The van der Waals surface area contributed by atoms with Crippen LogP contribution in [0.2, 0.25) is 0 Å². The molecule has 0 aliphatic heterocycles. The summed E-state index contributed by atoms with van der Waals surface area (Å²) in [6.07, 6.45) is -1.00. The smallest absolute Gasteiger partial charge is 0.411 e. The zero-order chi connectivity index (χ0) is 14.1. The van der Waals surface area contributed by atoms with Gasteiger partial charge in [-0.05, 0) is 36.4 Å². The van der Waals surface area contributed by atoms with Gasteiger partial charge in [0.25, 0.3) is 0 Å². The molecule has 0 spiro atoms. The molecule has 0 bridgehead atoms. The molecule has 0 saturated heterocycles. The molecule has 5 heteroatoms. The van der Waals surface area contributed by atoms with Crippen LogP contribution in [0.1, 0.15) is 0 Å². The fourth-order valence-corrected chi connectivity index (χ4v) is 1.93. The lowest BCUT2D eigenvalue weighted by Crippen LogP contribution is -2.23. The fourth-order valence-electron chi connectivity index (χ4n) is 1.93.